The summed E-state index contributed by atoms with van der Waals surface area (Å²) >= 11 is 3.34. The molecule has 0 aromatic carbocycles. The van der Waals surface area contributed by atoms with Gasteiger partial charge in [0.05, 0.1) is 0 Å². The summed E-state index contributed by atoms with van der Waals surface area (Å²) in [7, 11) is 0. The van der Waals surface area contributed by atoms with Crippen molar-refractivity contribution >= 4 is 15.9 Å². The predicted octanol–water partition coefficient (Wildman–Crippen LogP) is 1.63. The fourth-order valence-corrected chi connectivity index (χ4v) is 1.34. The van der Waals surface area contributed by atoms with Crippen LogP contribution in [0.5, 0.6) is 0 Å². The van der Waals surface area contributed by atoms with Gasteiger partial charge >= 0.3 is 0 Å². The van der Waals surface area contributed by atoms with Crippen molar-refractivity contribution in [3.05, 3.63) is 28.5 Å². The van der Waals surface area contributed by atoms with Gasteiger partial charge in [0.25, 0.3) is 0 Å². The number of nitrogens with two attached hydrogens (primary N) is 1. The summed E-state index contributed by atoms with van der Waals surface area (Å²) in [6.07, 6.45) is 3.69. The maximum absolute atomic E-state index is 5.37. The number of pyridine rings is 1. The van der Waals surface area contributed by atoms with Crippen LogP contribution in [0.1, 0.15) is 19.0 Å². The van der Waals surface area contributed by atoms with E-state index in [4.69, 9.17) is 5.84 Å². The molecule has 0 aliphatic rings. The van der Waals surface area contributed by atoms with Crippen molar-refractivity contribution in [2.45, 2.75) is 25.8 Å². The van der Waals surface area contributed by atoms with E-state index in [2.05, 4.69) is 33.3 Å². The molecular formula is C9H14BrN3. The van der Waals surface area contributed by atoms with E-state index in [1.807, 2.05) is 12.1 Å². The maximum atomic E-state index is 5.37. The van der Waals surface area contributed by atoms with Crippen LogP contribution in [0.3, 0.4) is 0 Å². The first-order chi connectivity index (χ1) is 6.26. The van der Waals surface area contributed by atoms with E-state index in [1.165, 1.54) is 0 Å². The van der Waals surface area contributed by atoms with E-state index in [0.717, 1.165) is 23.0 Å². The normalized spacial score (nSPS) is 12.8. The molecule has 0 amide bonds. The minimum absolute atomic E-state index is 0.314. The number of halogens is 1. The van der Waals surface area contributed by atoms with Crippen LogP contribution < -0.4 is 11.3 Å². The molecule has 1 atom stereocenters. The largest absolute Gasteiger partial charge is 0.271 e. The third-order valence-electron chi connectivity index (χ3n) is 1.97. The number of hydrogen-bond donors (Lipinski definition) is 2. The molecule has 0 aliphatic heterocycles. The average Bonchev–Trinajstić information content (AvgIpc) is 2.17. The second-order valence-corrected chi connectivity index (χ2v) is 3.86. The third kappa shape index (κ3) is 3.42. The van der Waals surface area contributed by atoms with Crippen molar-refractivity contribution in [2.75, 3.05) is 0 Å². The molecule has 0 aliphatic carbocycles. The summed E-state index contributed by atoms with van der Waals surface area (Å²) in [5.41, 5.74) is 3.83. The zero-order valence-electron chi connectivity index (χ0n) is 7.63. The van der Waals surface area contributed by atoms with E-state index in [9.17, 15) is 0 Å². The van der Waals surface area contributed by atoms with Gasteiger partial charge < -0.3 is 0 Å². The Balaban J connectivity index is 2.58. The summed E-state index contributed by atoms with van der Waals surface area (Å²) in [4.78, 5) is 4.27. The SMILES string of the molecule is CCC(Cc1ccc(Br)cn1)NN. The molecule has 0 fully saturated rings. The first-order valence-electron chi connectivity index (χ1n) is 4.32. The van der Waals surface area contributed by atoms with Gasteiger partial charge in [-0.2, -0.15) is 0 Å². The van der Waals surface area contributed by atoms with Crippen LogP contribution in [0.25, 0.3) is 0 Å². The summed E-state index contributed by atoms with van der Waals surface area (Å²) in [6.45, 7) is 2.10. The van der Waals surface area contributed by atoms with Crippen molar-refractivity contribution in [1.82, 2.24) is 10.4 Å². The molecule has 0 saturated heterocycles. The lowest BCUT2D eigenvalue weighted by Gasteiger charge is -2.12. The molecule has 0 bridgehead atoms. The highest BCUT2D eigenvalue weighted by molar-refractivity contribution is 9.10. The van der Waals surface area contributed by atoms with Gasteiger partial charge in [-0.25, -0.2) is 0 Å². The highest BCUT2D eigenvalue weighted by Crippen LogP contribution is 2.09. The Bertz CT molecular complexity index is 244. The Morgan fingerprint density at radius 1 is 1.62 bits per heavy atom. The van der Waals surface area contributed by atoms with Gasteiger partial charge in [-0.15, -0.1) is 0 Å². The molecule has 3 nitrogen and oxygen atoms in total. The van der Waals surface area contributed by atoms with E-state index in [1.54, 1.807) is 6.20 Å². The molecule has 0 spiro atoms. The van der Waals surface area contributed by atoms with Gasteiger partial charge in [0.1, 0.15) is 0 Å². The molecule has 72 valence electrons. The number of rotatable bonds is 4. The molecule has 1 rings (SSSR count). The second-order valence-electron chi connectivity index (χ2n) is 2.94. The van der Waals surface area contributed by atoms with E-state index in [0.29, 0.717) is 6.04 Å². The predicted molar refractivity (Wildman–Crippen MR) is 57.0 cm³/mol. The maximum Gasteiger partial charge on any atom is 0.0420 e. The van der Waals surface area contributed by atoms with Crippen molar-refractivity contribution < 1.29 is 0 Å². The Morgan fingerprint density at radius 3 is 2.85 bits per heavy atom. The third-order valence-corrected chi connectivity index (χ3v) is 2.44. The topological polar surface area (TPSA) is 50.9 Å². The zero-order chi connectivity index (χ0) is 9.68. The van der Waals surface area contributed by atoms with Gasteiger partial charge in [-0.1, -0.05) is 6.92 Å². The zero-order valence-corrected chi connectivity index (χ0v) is 9.21. The van der Waals surface area contributed by atoms with E-state index >= 15 is 0 Å². The fourth-order valence-electron chi connectivity index (χ4n) is 1.10. The highest BCUT2D eigenvalue weighted by atomic mass is 79.9. The summed E-state index contributed by atoms with van der Waals surface area (Å²) < 4.78 is 1.00. The van der Waals surface area contributed by atoms with Crippen LogP contribution in [-0.4, -0.2) is 11.0 Å². The number of nitrogens with one attached hydrogen (secondary N) is 1. The molecule has 0 radical (unpaired) electrons. The quantitative estimate of drug-likeness (QED) is 0.625. The van der Waals surface area contributed by atoms with Crippen LogP contribution in [0.2, 0.25) is 0 Å². The lowest BCUT2D eigenvalue weighted by atomic mass is 10.1. The van der Waals surface area contributed by atoms with Crippen LogP contribution in [-0.2, 0) is 6.42 Å². The summed E-state index contributed by atoms with van der Waals surface area (Å²) in [6, 6.07) is 4.31. The van der Waals surface area contributed by atoms with E-state index in [-0.39, 0.29) is 0 Å². The van der Waals surface area contributed by atoms with E-state index < -0.39 is 0 Å². The first-order valence-corrected chi connectivity index (χ1v) is 5.12. The molecule has 1 unspecified atom stereocenters. The second kappa shape index (κ2) is 5.32. The van der Waals surface area contributed by atoms with Crippen molar-refractivity contribution in [2.24, 2.45) is 5.84 Å². The Morgan fingerprint density at radius 2 is 2.38 bits per heavy atom. The molecule has 3 N–H and O–H groups in total. The number of hydrazine groups is 1. The number of aromatic nitrogens is 1. The van der Waals surface area contributed by atoms with Crippen LogP contribution in [0.15, 0.2) is 22.8 Å². The molecule has 1 aromatic heterocycles. The standard InChI is InChI=1S/C9H14BrN3/c1-2-8(13-11)5-9-4-3-7(10)6-12-9/h3-4,6,8,13H,2,5,11H2,1H3. The van der Waals surface area contributed by atoms with Crippen molar-refractivity contribution in [3.8, 4) is 0 Å². The van der Waals surface area contributed by atoms with Crippen molar-refractivity contribution in [1.29, 1.82) is 0 Å². The van der Waals surface area contributed by atoms with Gasteiger partial charge in [0.15, 0.2) is 0 Å². The van der Waals surface area contributed by atoms with Crippen LogP contribution in [0, 0.1) is 0 Å². The van der Waals surface area contributed by atoms with Crippen molar-refractivity contribution in [3.63, 3.8) is 0 Å². The molecule has 1 heterocycles. The summed E-state index contributed by atoms with van der Waals surface area (Å²) in [5, 5.41) is 0. The average molecular weight is 244 g/mol. The molecular weight excluding hydrogens is 230 g/mol. The summed E-state index contributed by atoms with van der Waals surface area (Å²) in [5.74, 6) is 5.37. The lowest BCUT2D eigenvalue weighted by Crippen LogP contribution is -2.36. The number of hydrogen-bond acceptors (Lipinski definition) is 3. The van der Waals surface area contributed by atoms with Crippen LogP contribution >= 0.6 is 15.9 Å². The highest BCUT2D eigenvalue weighted by Gasteiger charge is 2.04. The minimum atomic E-state index is 0.314. The van der Waals surface area contributed by atoms with Gasteiger partial charge in [-0.3, -0.25) is 16.3 Å². The van der Waals surface area contributed by atoms with Gasteiger partial charge in [-0.05, 0) is 34.5 Å². The lowest BCUT2D eigenvalue weighted by molar-refractivity contribution is 0.506. The Hall–Kier alpha value is -0.450. The smallest absolute Gasteiger partial charge is 0.0420 e. The molecule has 4 heteroatoms. The van der Waals surface area contributed by atoms with Gasteiger partial charge in [0, 0.05) is 28.8 Å². The monoisotopic (exact) mass is 243 g/mol. The molecule has 1 aromatic rings. The molecule has 13 heavy (non-hydrogen) atoms. The first kappa shape index (κ1) is 10.6. The molecule has 0 saturated carbocycles. The Labute approximate surface area is 86.8 Å². The fraction of sp³-hybridized carbons (Fsp3) is 0.444. The minimum Gasteiger partial charge on any atom is -0.271 e. The Kier molecular flexibility index (Phi) is 4.35. The number of nitrogens with zero attached hydrogens (tertiary/aromatic N) is 1. The van der Waals surface area contributed by atoms with Gasteiger partial charge in [0.2, 0.25) is 0 Å². The van der Waals surface area contributed by atoms with Crippen LogP contribution in [0.4, 0.5) is 0 Å².